The third kappa shape index (κ3) is 2.63. The second kappa shape index (κ2) is 5.15. The highest BCUT2D eigenvalue weighted by molar-refractivity contribution is 7.91. The largest absolute Gasteiger partial charge is 0.310 e. The number of aromatic nitrogens is 2. The summed E-state index contributed by atoms with van der Waals surface area (Å²) in [6.07, 6.45) is 4.56. The van der Waals surface area contributed by atoms with E-state index in [-0.39, 0.29) is 11.8 Å². The maximum atomic E-state index is 11.6. The zero-order chi connectivity index (χ0) is 14.3. The minimum Gasteiger partial charge on any atom is -0.310 e. The maximum absolute atomic E-state index is 11.6. The van der Waals surface area contributed by atoms with Crippen molar-refractivity contribution in [2.24, 2.45) is 0 Å². The summed E-state index contributed by atoms with van der Waals surface area (Å²) in [4.78, 5) is 0. The Morgan fingerprint density at radius 2 is 2.05 bits per heavy atom. The van der Waals surface area contributed by atoms with Crippen molar-refractivity contribution in [3.8, 4) is 0 Å². The predicted octanol–water partition coefficient (Wildman–Crippen LogP) is 1.50. The highest BCUT2D eigenvalue weighted by Gasteiger charge is 2.31. The maximum Gasteiger partial charge on any atom is 0.152 e. The summed E-state index contributed by atoms with van der Waals surface area (Å²) in [6.45, 7) is 4.93. The van der Waals surface area contributed by atoms with E-state index in [1.165, 1.54) is 24.8 Å². The highest BCUT2D eigenvalue weighted by Crippen LogP contribution is 2.27. The molecular weight excluding hydrogens is 274 g/mol. The van der Waals surface area contributed by atoms with Gasteiger partial charge in [-0.15, -0.1) is 0 Å². The number of hydrogen-bond donors (Lipinski definition) is 1. The molecule has 1 aliphatic carbocycles. The number of aryl methyl sites for hydroxylation is 1. The van der Waals surface area contributed by atoms with Gasteiger partial charge in [0.05, 0.1) is 23.2 Å². The van der Waals surface area contributed by atoms with Gasteiger partial charge in [0, 0.05) is 23.8 Å². The molecule has 3 rings (SSSR count). The number of nitrogens with one attached hydrogen (secondary N) is 1. The molecule has 5 nitrogen and oxygen atoms in total. The van der Waals surface area contributed by atoms with Crippen molar-refractivity contribution >= 4 is 9.84 Å². The van der Waals surface area contributed by atoms with Gasteiger partial charge in [0.1, 0.15) is 0 Å². The van der Waals surface area contributed by atoms with E-state index in [1.54, 1.807) is 0 Å². The Morgan fingerprint density at radius 1 is 1.30 bits per heavy atom. The first-order valence-electron chi connectivity index (χ1n) is 7.44. The summed E-state index contributed by atoms with van der Waals surface area (Å²) in [6, 6.07) is 0.681. The molecule has 112 valence electrons. The van der Waals surface area contributed by atoms with Gasteiger partial charge in [0.15, 0.2) is 9.84 Å². The molecule has 0 spiro atoms. The lowest BCUT2D eigenvalue weighted by Gasteiger charge is -2.26. The SMILES string of the molecule is Cc1nn(C2CCS(=O)(=O)C2)c(C)c1CNC1CCC1. The minimum absolute atomic E-state index is 0.0242. The summed E-state index contributed by atoms with van der Waals surface area (Å²) in [5, 5.41) is 8.16. The van der Waals surface area contributed by atoms with Crippen LogP contribution in [0.5, 0.6) is 0 Å². The van der Waals surface area contributed by atoms with Crippen molar-refractivity contribution in [2.75, 3.05) is 11.5 Å². The van der Waals surface area contributed by atoms with Gasteiger partial charge in [-0.3, -0.25) is 4.68 Å². The molecule has 0 radical (unpaired) electrons. The van der Waals surface area contributed by atoms with E-state index in [2.05, 4.69) is 17.3 Å². The highest BCUT2D eigenvalue weighted by atomic mass is 32.2. The second-order valence-corrected chi connectivity index (χ2v) is 8.39. The molecule has 1 aromatic heterocycles. The molecule has 1 saturated heterocycles. The van der Waals surface area contributed by atoms with E-state index in [0.717, 1.165) is 17.9 Å². The Hall–Kier alpha value is -0.880. The Labute approximate surface area is 120 Å². The number of sulfone groups is 1. The van der Waals surface area contributed by atoms with Crippen LogP contribution in [0.25, 0.3) is 0 Å². The van der Waals surface area contributed by atoms with Crippen LogP contribution in [0.4, 0.5) is 0 Å². The third-order valence-corrected chi connectivity index (χ3v) is 6.45. The Balaban J connectivity index is 1.75. The predicted molar refractivity (Wildman–Crippen MR) is 78.5 cm³/mol. The van der Waals surface area contributed by atoms with Gasteiger partial charge < -0.3 is 5.32 Å². The molecule has 6 heteroatoms. The van der Waals surface area contributed by atoms with Crippen LogP contribution >= 0.6 is 0 Å². The van der Waals surface area contributed by atoms with Gasteiger partial charge in [-0.05, 0) is 33.1 Å². The van der Waals surface area contributed by atoms with Crippen LogP contribution in [-0.4, -0.2) is 35.7 Å². The number of nitrogens with zero attached hydrogens (tertiary/aromatic N) is 2. The summed E-state index contributed by atoms with van der Waals surface area (Å²) < 4.78 is 25.2. The van der Waals surface area contributed by atoms with E-state index in [4.69, 9.17) is 0 Å². The van der Waals surface area contributed by atoms with Gasteiger partial charge >= 0.3 is 0 Å². The molecule has 2 fully saturated rings. The van der Waals surface area contributed by atoms with Crippen LogP contribution in [0.1, 0.15) is 48.7 Å². The van der Waals surface area contributed by atoms with Crippen LogP contribution in [-0.2, 0) is 16.4 Å². The van der Waals surface area contributed by atoms with Crippen LogP contribution in [0.2, 0.25) is 0 Å². The summed E-state index contributed by atoms with van der Waals surface area (Å²) in [5.41, 5.74) is 3.39. The molecule has 1 atom stereocenters. The first kappa shape index (κ1) is 14.1. The molecule has 1 aromatic rings. The van der Waals surface area contributed by atoms with Gasteiger partial charge in [-0.1, -0.05) is 6.42 Å². The van der Waals surface area contributed by atoms with Crippen molar-refractivity contribution in [1.29, 1.82) is 0 Å². The van der Waals surface area contributed by atoms with E-state index >= 15 is 0 Å². The second-order valence-electron chi connectivity index (χ2n) is 6.16. The van der Waals surface area contributed by atoms with Gasteiger partial charge in [0.2, 0.25) is 0 Å². The topological polar surface area (TPSA) is 64.0 Å². The fourth-order valence-corrected chi connectivity index (χ4v) is 4.83. The number of rotatable bonds is 4. The van der Waals surface area contributed by atoms with Crippen molar-refractivity contribution in [3.05, 3.63) is 17.0 Å². The molecule has 0 bridgehead atoms. The molecule has 1 unspecified atom stereocenters. The number of hydrogen-bond acceptors (Lipinski definition) is 4. The Kier molecular flexibility index (Phi) is 3.62. The Bertz CT molecular complexity index is 602. The Morgan fingerprint density at radius 3 is 2.60 bits per heavy atom. The van der Waals surface area contributed by atoms with Crippen molar-refractivity contribution in [1.82, 2.24) is 15.1 Å². The molecule has 20 heavy (non-hydrogen) atoms. The average molecular weight is 297 g/mol. The standard InChI is InChI=1S/C14H23N3O2S/c1-10-14(8-15-12-4-3-5-12)11(2)17(16-10)13-6-7-20(18,19)9-13/h12-13,15H,3-9H2,1-2H3. The van der Waals surface area contributed by atoms with E-state index in [0.29, 0.717) is 18.2 Å². The fourth-order valence-electron chi connectivity index (χ4n) is 3.14. The first-order chi connectivity index (χ1) is 9.46. The van der Waals surface area contributed by atoms with Crippen LogP contribution in [0.3, 0.4) is 0 Å². The van der Waals surface area contributed by atoms with E-state index in [1.807, 2.05) is 11.6 Å². The summed E-state index contributed by atoms with van der Waals surface area (Å²) in [5.74, 6) is 0.538. The summed E-state index contributed by atoms with van der Waals surface area (Å²) >= 11 is 0. The zero-order valence-corrected chi connectivity index (χ0v) is 13.0. The van der Waals surface area contributed by atoms with Gasteiger partial charge in [0.25, 0.3) is 0 Å². The monoisotopic (exact) mass is 297 g/mol. The van der Waals surface area contributed by atoms with E-state index in [9.17, 15) is 8.42 Å². The smallest absolute Gasteiger partial charge is 0.152 e. The lowest BCUT2D eigenvalue weighted by atomic mass is 9.93. The van der Waals surface area contributed by atoms with Crippen LogP contribution in [0.15, 0.2) is 0 Å². The first-order valence-corrected chi connectivity index (χ1v) is 9.27. The molecule has 0 aromatic carbocycles. The molecule has 1 N–H and O–H groups in total. The lowest BCUT2D eigenvalue weighted by Crippen LogP contribution is -2.34. The van der Waals surface area contributed by atoms with Crippen molar-refractivity contribution in [2.45, 2.75) is 58.2 Å². The van der Waals surface area contributed by atoms with E-state index < -0.39 is 9.84 Å². The summed E-state index contributed by atoms with van der Waals surface area (Å²) in [7, 11) is -2.86. The molecule has 0 amide bonds. The van der Waals surface area contributed by atoms with Crippen molar-refractivity contribution < 1.29 is 8.42 Å². The quantitative estimate of drug-likeness (QED) is 0.915. The zero-order valence-electron chi connectivity index (χ0n) is 12.2. The molecule has 2 aliphatic rings. The van der Waals surface area contributed by atoms with Crippen molar-refractivity contribution in [3.63, 3.8) is 0 Å². The van der Waals surface area contributed by atoms with Gasteiger partial charge in [-0.2, -0.15) is 5.10 Å². The molecule has 1 aliphatic heterocycles. The lowest BCUT2D eigenvalue weighted by molar-refractivity contribution is 0.337. The molecule has 1 saturated carbocycles. The third-order valence-electron chi connectivity index (χ3n) is 4.70. The average Bonchev–Trinajstić information content (AvgIpc) is 2.80. The minimum atomic E-state index is -2.86. The van der Waals surface area contributed by atoms with Crippen LogP contribution in [0, 0.1) is 13.8 Å². The van der Waals surface area contributed by atoms with Crippen LogP contribution < -0.4 is 5.32 Å². The van der Waals surface area contributed by atoms with Gasteiger partial charge in [-0.25, -0.2) is 8.42 Å². The molecular formula is C14H23N3O2S. The molecule has 2 heterocycles. The fraction of sp³-hybridized carbons (Fsp3) is 0.786. The normalized spacial score (nSPS) is 25.8.